The van der Waals surface area contributed by atoms with Crippen molar-refractivity contribution >= 4 is 34.7 Å². The van der Waals surface area contributed by atoms with Crippen molar-refractivity contribution in [1.82, 2.24) is 15.3 Å². The van der Waals surface area contributed by atoms with Crippen LogP contribution in [0.3, 0.4) is 0 Å². The summed E-state index contributed by atoms with van der Waals surface area (Å²) in [5, 5.41) is 21.3. The molecule has 0 radical (unpaired) electrons. The van der Waals surface area contributed by atoms with Gasteiger partial charge in [-0.1, -0.05) is 6.07 Å². The normalized spacial score (nSPS) is 15.5. The number of carbonyl (C=O) groups is 1. The van der Waals surface area contributed by atoms with Crippen LogP contribution in [-0.4, -0.2) is 61.3 Å². The fourth-order valence-electron chi connectivity index (χ4n) is 3.85. The number of nitrogens with one attached hydrogen (secondary N) is 2. The van der Waals surface area contributed by atoms with Crippen LogP contribution in [0.4, 0.5) is 17.5 Å². The lowest BCUT2D eigenvalue weighted by atomic mass is 10.1. The number of rotatable bonds is 9. The van der Waals surface area contributed by atoms with Gasteiger partial charge >= 0.3 is 0 Å². The SMILES string of the molecule is CCNc1ncc2c(n1)N(C)CCN(c1cccc(O[C@](O)(CCNC)c3ccsc3)c1)C2=O. The van der Waals surface area contributed by atoms with E-state index in [0.717, 1.165) is 0 Å². The van der Waals surface area contributed by atoms with E-state index in [1.54, 1.807) is 23.2 Å². The number of nitrogens with zero attached hydrogens (tertiary/aromatic N) is 4. The van der Waals surface area contributed by atoms with Crippen molar-refractivity contribution in [1.29, 1.82) is 0 Å². The summed E-state index contributed by atoms with van der Waals surface area (Å²) in [6.45, 7) is 4.32. The van der Waals surface area contributed by atoms with Gasteiger partial charge in [0.15, 0.2) is 0 Å². The van der Waals surface area contributed by atoms with E-state index in [1.807, 2.05) is 54.9 Å². The maximum Gasteiger partial charge on any atom is 0.263 e. The molecule has 180 valence electrons. The zero-order chi connectivity index (χ0) is 24.1. The first-order chi connectivity index (χ1) is 16.4. The van der Waals surface area contributed by atoms with Crippen LogP contribution in [-0.2, 0) is 5.79 Å². The third-order valence-corrected chi connectivity index (χ3v) is 6.39. The van der Waals surface area contributed by atoms with E-state index in [4.69, 9.17) is 4.74 Å². The average molecular weight is 483 g/mol. The number of likely N-dealkylation sites (N-methyl/N-ethyl adjacent to an activating group) is 1. The van der Waals surface area contributed by atoms with Crippen molar-refractivity contribution < 1.29 is 14.6 Å². The van der Waals surface area contributed by atoms with Crippen LogP contribution in [0.25, 0.3) is 0 Å². The van der Waals surface area contributed by atoms with Gasteiger partial charge < -0.3 is 30.3 Å². The minimum Gasteiger partial charge on any atom is -0.458 e. The molecule has 9 nitrogen and oxygen atoms in total. The number of ether oxygens (including phenoxy) is 1. The number of amides is 1. The lowest BCUT2D eigenvalue weighted by Gasteiger charge is -2.29. The lowest BCUT2D eigenvalue weighted by Crippen LogP contribution is -2.36. The summed E-state index contributed by atoms with van der Waals surface area (Å²) in [6.07, 6.45) is 1.95. The fraction of sp³-hybridized carbons (Fsp3) is 0.375. The summed E-state index contributed by atoms with van der Waals surface area (Å²) >= 11 is 1.50. The molecule has 2 aromatic heterocycles. The van der Waals surface area contributed by atoms with E-state index in [0.29, 0.717) is 66.9 Å². The van der Waals surface area contributed by atoms with Gasteiger partial charge in [-0.2, -0.15) is 16.3 Å². The second-order valence-electron chi connectivity index (χ2n) is 8.09. The number of carbonyl (C=O) groups excluding carboxylic acids is 1. The monoisotopic (exact) mass is 482 g/mol. The predicted molar refractivity (Wildman–Crippen MR) is 135 cm³/mol. The maximum atomic E-state index is 13.5. The van der Waals surface area contributed by atoms with Crippen molar-refractivity contribution in [3.63, 3.8) is 0 Å². The highest BCUT2D eigenvalue weighted by atomic mass is 32.1. The summed E-state index contributed by atoms with van der Waals surface area (Å²) in [5.41, 5.74) is 1.82. The van der Waals surface area contributed by atoms with Crippen LogP contribution < -0.4 is 25.2 Å². The molecule has 0 saturated carbocycles. The van der Waals surface area contributed by atoms with Crippen LogP contribution in [0.1, 0.15) is 29.3 Å². The Morgan fingerprint density at radius 2 is 2.15 bits per heavy atom. The number of thiophene rings is 1. The van der Waals surface area contributed by atoms with Crippen LogP contribution in [0.15, 0.2) is 47.3 Å². The van der Waals surface area contributed by atoms with Crippen molar-refractivity contribution in [3.05, 3.63) is 58.4 Å². The Morgan fingerprint density at radius 3 is 2.88 bits per heavy atom. The summed E-state index contributed by atoms with van der Waals surface area (Å²) < 4.78 is 6.12. The largest absolute Gasteiger partial charge is 0.458 e. The second kappa shape index (κ2) is 10.4. The first-order valence-corrected chi connectivity index (χ1v) is 12.2. The molecule has 1 aliphatic heterocycles. The molecular weight excluding hydrogens is 452 g/mol. The predicted octanol–water partition coefficient (Wildman–Crippen LogP) is 2.90. The standard InChI is InChI=1S/C24H30N6O3S/c1-4-26-23-27-15-20-21(28-23)29(3)11-12-30(22(20)31)18-6-5-7-19(14-18)33-24(32,9-10-25-2)17-8-13-34-16-17/h5-8,13-16,25,32H,4,9-12H2,1-3H3,(H,26,27,28)/t24-/m1/s1. The van der Waals surface area contributed by atoms with Gasteiger partial charge in [0.2, 0.25) is 11.7 Å². The van der Waals surface area contributed by atoms with Gasteiger partial charge in [0, 0.05) is 68.5 Å². The van der Waals surface area contributed by atoms with Gasteiger partial charge in [-0.25, -0.2) is 4.98 Å². The van der Waals surface area contributed by atoms with E-state index in [2.05, 4.69) is 20.6 Å². The molecule has 1 aromatic carbocycles. The Kier molecular flexibility index (Phi) is 7.30. The molecule has 3 heterocycles. The van der Waals surface area contributed by atoms with E-state index in [-0.39, 0.29) is 5.91 Å². The Bertz CT molecular complexity index is 1130. The molecule has 1 amide bonds. The first kappa shape index (κ1) is 23.9. The van der Waals surface area contributed by atoms with Crippen molar-refractivity contribution in [2.45, 2.75) is 19.1 Å². The zero-order valence-electron chi connectivity index (χ0n) is 19.6. The molecule has 1 atom stereocenters. The molecule has 0 aliphatic carbocycles. The van der Waals surface area contributed by atoms with Crippen molar-refractivity contribution in [2.24, 2.45) is 0 Å². The summed E-state index contributed by atoms with van der Waals surface area (Å²) in [5.74, 6) is -0.0772. The molecule has 0 saturated heterocycles. The fourth-order valence-corrected chi connectivity index (χ4v) is 4.57. The van der Waals surface area contributed by atoms with Crippen molar-refractivity contribution in [3.8, 4) is 5.75 Å². The highest BCUT2D eigenvalue weighted by Gasteiger charge is 2.33. The van der Waals surface area contributed by atoms with E-state index in [9.17, 15) is 9.90 Å². The van der Waals surface area contributed by atoms with Crippen LogP contribution in [0, 0.1) is 0 Å². The number of anilines is 3. The molecule has 1 aliphatic rings. The lowest BCUT2D eigenvalue weighted by molar-refractivity contribution is -0.150. The van der Waals surface area contributed by atoms with Gasteiger partial charge in [-0.15, -0.1) is 0 Å². The van der Waals surface area contributed by atoms with E-state index in [1.165, 1.54) is 11.3 Å². The molecule has 10 heteroatoms. The smallest absolute Gasteiger partial charge is 0.263 e. The molecule has 0 unspecified atom stereocenters. The quantitative estimate of drug-likeness (QED) is 0.400. The third-order valence-electron chi connectivity index (χ3n) is 5.70. The number of benzene rings is 1. The van der Waals surface area contributed by atoms with E-state index >= 15 is 0 Å². The van der Waals surface area contributed by atoms with Crippen LogP contribution in [0.5, 0.6) is 5.75 Å². The average Bonchev–Trinajstić information content (AvgIpc) is 3.35. The zero-order valence-corrected chi connectivity index (χ0v) is 20.4. The van der Waals surface area contributed by atoms with Crippen LogP contribution in [0.2, 0.25) is 0 Å². The van der Waals surface area contributed by atoms with Gasteiger partial charge in [0.25, 0.3) is 5.91 Å². The summed E-state index contributed by atoms with van der Waals surface area (Å²) in [6, 6.07) is 9.12. The molecule has 4 rings (SSSR count). The molecule has 3 aromatic rings. The van der Waals surface area contributed by atoms with E-state index < -0.39 is 5.79 Å². The Morgan fingerprint density at radius 1 is 1.29 bits per heavy atom. The number of hydrogen-bond donors (Lipinski definition) is 3. The van der Waals surface area contributed by atoms with Gasteiger partial charge in [-0.05, 0) is 37.6 Å². The topological polar surface area (TPSA) is 103 Å². The molecular formula is C24H30N6O3S. The maximum absolute atomic E-state index is 13.5. The highest BCUT2D eigenvalue weighted by Crippen LogP contribution is 2.33. The molecule has 0 fully saturated rings. The summed E-state index contributed by atoms with van der Waals surface area (Å²) in [7, 11) is 3.75. The Labute approximate surface area is 203 Å². The number of hydrogen-bond acceptors (Lipinski definition) is 9. The number of fused-ring (bicyclic) bond motifs is 1. The molecule has 34 heavy (non-hydrogen) atoms. The first-order valence-electron chi connectivity index (χ1n) is 11.3. The number of aromatic nitrogens is 2. The third kappa shape index (κ3) is 4.98. The highest BCUT2D eigenvalue weighted by molar-refractivity contribution is 7.08. The minimum absolute atomic E-state index is 0.178. The Balaban J connectivity index is 1.62. The second-order valence-corrected chi connectivity index (χ2v) is 8.87. The van der Waals surface area contributed by atoms with Crippen molar-refractivity contribution in [2.75, 3.05) is 55.4 Å². The minimum atomic E-state index is -1.48. The van der Waals surface area contributed by atoms with Gasteiger partial charge in [0.05, 0.1) is 0 Å². The molecule has 0 spiro atoms. The van der Waals surface area contributed by atoms with Gasteiger partial charge in [-0.3, -0.25) is 4.79 Å². The van der Waals surface area contributed by atoms with Gasteiger partial charge in [0.1, 0.15) is 17.1 Å². The molecule has 3 N–H and O–H groups in total. The Hall–Kier alpha value is -3.21. The summed E-state index contributed by atoms with van der Waals surface area (Å²) in [4.78, 5) is 26.0. The molecule has 0 bridgehead atoms. The van der Waals surface area contributed by atoms with Crippen LogP contribution >= 0.6 is 11.3 Å². The number of aliphatic hydroxyl groups is 1.